The summed E-state index contributed by atoms with van der Waals surface area (Å²) in [7, 11) is 1.59. The largest absolute Gasteiger partial charge is 0.496 e. The zero-order chi connectivity index (χ0) is 18.5. The lowest BCUT2D eigenvalue weighted by molar-refractivity contribution is -0.126. The molecule has 1 amide bonds. The van der Waals surface area contributed by atoms with E-state index in [1.54, 1.807) is 43.7 Å². The number of hydrogen-bond acceptors (Lipinski definition) is 4. The van der Waals surface area contributed by atoms with Gasteiger partial charge in [0.1, 0.15) is 11.6 Å². The molecule has 0 atom stereocenters. The Morgan fingerprint density at radius 1 is 1.12 bits per heavy atom. The first-order valence-electron chi connectivity index (χ1n) is 8.24. The van der Waals surface area contributed by atoms with Gasteiger partial charge in [-0.05, 0) is 36.4 Å². The number of methoxy groups -OCH3 is 1. The van der Waals surface area contributed by atoms with E-state index in [-0.39, 0.29) is 5.91 Å². The molecule has 1 aliphatic heterocycles. The minimum absolute atomic E-state index is 0.0317. The maximum absolute atomic E-state index is 12.5. The number of piperazine rings is 1. The number of ether oxygens (including phenoxy) is 1. The lowest BCUT2D eigenvalue weighted by Gasteiger charge is -2.34. The highest BCUT2D eigenvalue weighted by molar-refractivity contribution is 6.31. The number of aromatic nitrogens is 1. The van der Waals surface area contributed by atoms with Crippen LogP contribution < -0.4 is 9.64 Å². The average molecular weight is 392 g/mol. The van der Waals surface area contributed by atoms with E-state index in [9.17, 15) is 4.79 Å². The number of pyridine rings is 1. The highest BCUT2D eigenvalue weighted by Crippen LogP contribution is 2.24. The minimum atomic E-state index is -0.0317. The third-order valence-electron chi connectivity index (χ3n) is 4.22. The molecule has 2 aromatic rings. The molecule has 0 N–H and O–H groups in total. The van der Waals surface area contributed by atoms with E-state index in [1.807, 2.05) is 17.0 Å². The molecule has 26 heavy (non-hydrogen) atoms. The maximum atomic E-state index is 12.5. The van der Waals surface area contributed by atoms with E-state index < -0.39 is 0 Å². The molecule has 1 saturated heterocycles. The Kier molecular flexibility index (Phi) is 6.01. The molecule has 1 fully saturated rings. The molecule has 0 radical (unpaired) electrons. The summed E-state index contributed by atoms with van der Waals surface area (Å²) in [6.07, 6.45) is 4.93. The molecule has 0 saturated carbocycles. The summed E-state index contributed by atoms with van der Waals surface area (Å²) in [5, 5.41) is 1.21. The number of amides is 1. The first-order valence-corrected chi connectivity index (χ1v) is 8.99. The van der Waals surface area contributed by atoms with Gasteiger partial charge in [0, 0.05) is 49.0 Å². The van der Waals surface area contributed by atoms with Gasteiger partial charge in [0.15, 0.2) is 0 Å². The fourth-order valence-electron chi connectivity index (χ4n) is 2.81. The number of anilines is 1. The van der Waals surface area contributed by atoms with Crippen LogP contribution in [0.1, 0.15) is 5.56 Å². The third-order valence-corrected chi connectivity index (χ3v) is 4.68. The lowest BCUT2D eigenvalue weighted by Crippen LogP contribution is -2.48. The van der Waals surface area contributed by atoms with Crippen LogP contribution in [0.5, 0.6) is 5.75 Å². The number of carbonyl (C=O) groups is 1. The summed E-state index contributed by atoms with van der Waals surface area (Å²) < 4.78 is 5.29. The molecule has 0 spiro atoms. The number of carbonyl (C=O) groups excluding carboxylic acids is 1. The third kappa shape index (κ3) is 4.48. The van der Waals surface area contributed by atoms with Gasteiger partial charge in [-0.1, -0.05) is 23.2 Å². The molecule has 0 unspecified atom stereocenters. The van der Waals surface area contributed by atoms with Crippen molar-refractivity contribution >= 4 is 41.0 Å². The predicted molar refractivity (Wildman–Crippen MR) is 105 cm³/mol. The summed E-state index contributed by atoms with van der Waals surface area (Å²) in [6.45, 7) is 2.74. The zero-order valence-electron chi connectivity index (χ0n) is 14.4. The normalized spacial score (nSPS) is 14.7. The first-order chi connectivity index (χ1) is 12.6. The van der Waals surface area contributed by atoms with Crippen LogP contribution in [0.25, 0.3) is 6.08 Å². The molecular weight excluding hydrogens is 373 g/mol. The molecule has 2 heterocycles. The highest BCUT2D eigenvalue weighted by atomic mass is 35.5. The number of benzene rings is 1. The van der Waals surface area contributed by atoms with E-state index in [4.69, 9.17) is 27.9 Å². The first kappa shape index (κ1) is 18.5. The number of halogens is 2. The molecule has 3 rings (SSSR count). The SMILES string of the molecule is COc1ccc(Cl)cc1/C=C/C(=O)N1CCN(c2ccc(Cl)cn2)CC1. The molecule has 7 heteroatoms. The van der Waals surface area contributed by atoms with Crippen LogP contribution in [0.3, 0.4) is 0 Å². The van der Waals surface area contributed by atoms with Crippen molar-refractivity contribution in [1.29, 1.82) is 0 Å². The molecule has 1 aliphatic rings. The van der Waals surface area contributed by atoms with Gasteiger partial charge in [-0.25, -0.2) is 4.98 Å². The smallest absolute Gasteiger partial charge is 0.246 e. The Morgan fingerprint density at radius 3 is 2.50 bits per heavy atom. The Hall–Kier alpha value is -2.24. The summed E-state index contributed by atoms with van der Waals surface area (Å²) in [6, 6.07) is 9.02. The van der Waals surface area contributed by atoms with E-state index in [1.165, 1.54) is 0 Å². The van der Waals surface area contributed by atoms with Gasteiger partial charge in [-0.2, -0.15) is 0 Å². The van der Waals surface area contributed by atoms with E-state index >= 15 is 0 Å². The fraction of sp³-hybridized carbons (Fsp3) is 0.263. The summed E-state index contributed by atoms with van der Waals surface area (Å²) in [5.74, 6) is 1.52. The summed E-state index contributed by atoms with van der Waals surface area (Å²) >= 11 is 11.9. The minimum Gasteiger partial charge on any atom is -0.496 e. The predicted octanol–water partition coefficient (Wildman–Crippen LogP) is 3.76. The topological polar surface area (TPSA) is 45.7 Å². The van der Waals surface area contributed by atoms with Crippen molar-refractivity contribution in [2.24, 2.45) is 0 Å². The van der Waals surface area contributed by atoms with E-state index in [0.29, 0.717) is 28.9 Å². The molecule has 136 valence electrons. The van der Waals surface area contributed by atoms with Gasteiger partial charge < -0.3 is 14.5 Å². The van der Waals surface area contributed by atoms with Crippen molar-refractivity contribution in [3.63, 3.8) is 0 Å². The molecule has 1 aromatic carbocycles. The second-order valence-corrected chi connectivity index (χ2v) is 6.74. The van der Waals surface area contributed by atoms with Crippen molar-refractivity contribution in [2.45, 2.75) is 0 Å². The summed E-state index contributed by atoms with van der Waals surface area (Å²) in [5.41, 5.74) is 0.775. The Morgan fingerprint density at radius 2 is 1.85 bits per heavy atom. The van der Waals surface area contributed by atoms with Crippen LogP contribution >= 0.6 is 23.2 Å². The van der Waals surface area contributed by atoms with Crippen LogP contribution in [-0.4, -0.2) is 49.1 Å². The highest BCUT2D eigenvalue weighted by Gasteiger charge is 2.20. The number of rotatable bonds is 4. The van der Waals surface area contributed by atoms with Crippen LogP contribution in [0.4, 0.5) is 5.82 Å². The second-order valence-electron chi connectivity index (χ2n) is 5.87. The van der Waals surface area contributed by atoms with Crippen molar-refractivity contribution in [1.82, 2.24) is 9.88 Å². The van der Waals surface area contributed by atoms with Crippen molar-refractivity contribution in [3.05, 3.63) is 58.2 Å². The van der Waals surface area contributed by atoms with Crippen LogP contribution in [0, 0.1) is 0 Å². The van der Waals surface area contributed by atoms with Gasteiger partial charge in [0.2, 0.25) is 5.91 Å². The fourth-order valence-corrected chi connectivity index (χ4v) is 3.11. The molecular formula is C19H19Cl2N3O2. The lowest BCUT2D eigenvalue weighted by atomic mass is 10.2. The summed E-state index contributed by atoms with van der Waals surface area (Å²) in [4.78, 5) is 20.7. The Balaban J connectivity index is 1.60. The van der Waals surface area contributed by atoms with Crippen molar-refractivity contribution < 1.29 is 9.53 Å². The Bertz CT molecular complexity index is 801. The van der Waals surface area contributed by atoms with E-state index in [0.717, 1.165) is 24.5 Å². The number of nitrogens with zero attached hydrogens (tertiary/aromatic N) is 3. The quantitative estimate of drug-likeness (QED) is 0.744. The molecule has 1 aromatic heterocycles. The van der Waals surface area contributed by atoms with Gasteiger partial charge in [0.05, 0.1) is 12.1 Å². The van der Waals surface area contributed by atoms with Crippen molar-refractivity contribution in [2.75, 3.05) is 38.2 Å². The van der Waals surface area contributed by atoms with Crippen molar-refractivity contribution in [3.8, 4) is 5.75 Å². The van der Waals surface area contributed by atoms with Crippen LogP contribution in [0.2, 0.25) is 10.0 Å². The van der Waals surface area contributed by atoms with E-state index in [2.05, 4.69) is 9.88 Å². The maximum Gasteiger partial charge on any atom is 0.246 e. The molecule has 0 aliphatic carbocycles. The van der Waals surface area contributed by atoms with Gasteiger partial charge in [-0.15, -0.1) is 0 Å². The molecule has 0 bridgehead atoms. The van der Waals surface area contributed by atoms with Crippen LogP contribution in [-0.2, 0) is 4.79 Å². The average Bonchev–Trinajstić information content (AvgIpc) is 2.67. The monoisotopic (exact) mass is 391 g/mol. The van der Waals surface area contributed by atoms with Gasteiger partial charge >= 0.3 is 0 Å². The standard InChI is InChI=1S/C19H19Cl2N3O2/c1-26-17-5-3-15(20)12-14(17)2-7-19(25)24-10-8-23(9-11-24)18-6-4-16(21)13-22-18/h2-7,12-13H,8-11H2,1H3/b7-2+. The Labute approximate surface area is 162 Å². The zero-order valence-corrected chi connectivity index (χ0v) is 15.9. The number of hydrogen-bond donors (Lipinski definition) is 0. The second kappa shape index (κ2) is 8.43. The van der Waals surface area contributed by atoms with Crippen LogP contribution in [0.15, 0.2) is 42.6 Å². The van der Waals surface area contributed by atoms with Gasteiger partial charge in [-0.3, -0.25) is 4.79 Å². The van der Waals surface area contributed by atoms with Gasteiger partial charge in [0.25, 0.3) is 0 Å². The molecule has 5 nitrogen and oxygen atoms in total.